The molecule has 2 atom stereocenters. The average molecular weight is 252 g/mol. The highest BCUT2D eigenvalue weighted by atomic mass is 16.8. The molecule has 0 aliphatic heterocycles. The minimum Gasteiger partial charge on any atom is -0.348 e. The molecule has 0 aliphatic carbocycles. The van der Waals surface area contributed by atoms with Crippen LogP contribution in [0.1, 0.15) is 13.8 Å². The van der Waals surface area contributed by atoms with Gasteiger partial charge in [-0.3, -0.25) is 20.2 Å². The Hall–Kier alpha value is -1.32. The Balaban J connectivity index is 4.82. The number of hydrogen-bond donors (Lipinski definition) is 0. The van der Waals surface area contributed by atoms with Gasteiger partial charge >= 0.3 is 0 Å². The molecule has 0 aromatic rings. The van der Waals surface area contributed by atoms with Gasteiger partial charge in [-0.15, -0.1) is 0 Å². The zero-order chi connectivity index (χ0) is 13.7. The fraction of sp³-hybridized carbons (Fsp3) is 1.00. The summed E-state index contributed by atoms with van der Waals surface area (Å²) in [7, 11) is 2.43. The predicted octanol–water partition coefficient (Wildman–Crippen LogP) is 0.282. The predicted molar refractivity (Wildman–Crippen MR) is 55.6 cm³/mol. The van der Waals surface area contributed by atoms with Crippen LogP contribution in [0.25, 0.3) is 0 Å². The van der Waals surface area contributed by atoms with Gasteiger partial charge in [-0.25, -0.2) is 0 Å². The fourth-order valence-corrected chi connectivity index (χ4v) is 1.20. The van der Waals surface area contributed by atoms with Gasteiger partial charge in [-0.05, 0) is 13.8 Å². The quantitative estimate of drug-likeness (QED) is 0.346. The minimum absolute atomic E-state index is 0.633. The van der Waals surface area contributed by atoms with Crippen molar-refractivity contribution in [2.24, 2.45) is 0 Å². The summed E-state index contributed by atoms with van der Waals surface area (Å²) in [5.74, 6) is -3.19. The van der Waals surface area contributed by atoms with Gasteiger partial charge in [0.2, 0.25) is 11.6 Å². The zero-order valence-corrected chi connectivity index (χ0v) is 10.2. The second kappa shape index (κ2) is 5.84. The molecule has 0 saturated carbocycles. The number of methoxy groups -OCH3 is 2. The summed E-state index contributed by atoms with van der Waals surface area (Å²) >= 11 is 0. The van der Waals surface area contributed by atoms with Crippen LogP contribution in [0, 0.1) is 20.2 Å². The maximum absolute atomic E-state index is 10.4. The molecule has 0 saturated heterocycles. The van der Waals surface area contributed by atoms with Gasteiger partial charge in [-0.2, -0.15) is 0 Å². The van der Waals surface area contributed by atoms with Crippen LogP contribution >= 0.6 is 0 Å². The Morgan fingerprint density at radius 1 is 0.941 bits per heavy atom. The fourth-order valence-electron chi connectivity index (χ4n) is 1.20. The van der Waals surface area contributed by atoms with Gasteiger partial charge in [0.05, 0.1) is 0 Å². The van der Waals surface area contributed by atoms with Crippen molar-refractivity contribution in [2.75, 3.05) is 27.3 Å². The molecule has 17 heavy (non-hydrogen) atoms. The second-order valence-electron chi connectivity index (χ2n) is 3.76. The van der Waals surface area contributed by atoms with Crippen molar-refractivity contribution >= 4 is 0 Å². The summed E-state index contributed by atoms with van der Waals surface area (Å²) in [5, 5.41) is 20.9. The molecule has 0 rings (SSSR count). The molecule has 100 valence electrons. The highest BCUT2D eigenvalue weighted by Crippen LogP contribution is 2.23. The lowest BCUT2D eigenvalue weighted by Crippen LogP contribution is -2.50. The molecule has 9 heteroatoms. The van der Waals surface area contributed by atoms with Crippen molar-refractivity contribution in [1.82, 2.24) is 0 Å². The standard InChI is InChI=1S/C8H16N2O7/c1-7(15-3,5-9(11)12)17-8(2,16-4)6-10(13)14/h5-6H2,1-4H3. The first-order valence-corrected chi connectivity index (χ1v) is 4.70. The van der Waals surface area contributed by atoms with Crippen molar-refractivity contribution in [2.45, 2.75) is 25.4 Å². The van der Waals surface area contributed by atoms with Gasteiger partial charge in [0.1, 0.15) is 0 Å². The molecule has 0 aliphatic rings. The summed E-state index contributed by atoms with van der Waals surface area (Å²) in [4.78, 5) is 19.6. The van der Waals surface area contributed by atoms with E-state index in [-0.39, 0.29) is 0 Å². The molecular formula is C8H16N2O7. The Bertz CT molecular complexity index is 270. The molecule has 0 aromatic heterocycles. The number of nitrogens with zero attached hydrogens (tertiary/aromatic N) is 2. The first-order chi connectivity index (χ1) is 7.66. The first-order valence-electron chi connectivity index (χ1n) is 4.70. The first kappa shape index (κ1) is 15.7. The van der Waals surface area contributed by atoms with Crippen LogP contribution in [0.15, 0.2) is 0 Å². The molecule has 0 amide bonds. The van der Waals surface area contributed by atoms with Gasteiger partial charge in [0.15, 0.2) is 0 Å². The number of hydrogen-bond acceptors (Lipinski definition) is 7. The van der Waals surface area contributed by atoms with Crippen molar-refractivity contribution < 1.29 is 24.1 Å². The number of ether oxygens (including phenoxy) is 3. The van der Waals surface area contributed by atoms with E-state index in [1.165, 1.54) is 28.1 Å². The molecule has 0 N–H and O–H groups in total. The van der Waals surface area contributed by atoms with Crippen LogP contribution in [0.5, 0.6) is 0 Å². The Kier molecular flexibility index (Phi) is 5.39. The molecule has 2 unspecified atom stereocenters. The lowest BCUT2D eigenvalue weighted by Gasteiger charge is -2.33. The molecule has 0 radical (unpaired) electrons. The molecule has 0 bridgehead atoms. The molecule has 0 fully saturated rings. The Labute approximate surface area is 97.9 Å². The summed E-state index contributed by atoms with van der Waals surface area (Å²) in [6.45, 7) is 1.32. The van der Waals surface area contributed by atoms with Crippen molar-refractivity contribution in [3.8, 4) is 0 Å². The summed E-state index contributed by atoms with van der Waals surface area (Å²) in [6.07, 6.45) is 0. The highest BCUT2D eigenvalue weighted by Gasteiger charge is 2.43. The third kappa shape index (κ3) is 5.52. The average Bonchev–Trinajstić information content (AvgIpc) is 2.15. The van der Waals surface area contributed by atoms with Crippen molar-refractivity contribution in [1.29, 1.82) is 0 Å². The van der Waals surface area contributed by atoms with Crippen molar-refractivity contribution in [3.05, 3.63) is 20.2 Å². The van der Waals surface area contributed by atoms with E-state index >= 15 is 0 Å². The van der Waals surface area contributed by atoms with Crippen LogP contribution < -0.4 is 0 Å². The third-order valence-corrected chi connectivity index (χ3v) is 2.13. The lowest BCUT2D eigenvalue weighted by molar-refractivity contribution is -0.555. The minimum atomic E-state index is -1.59. The van der Waals surface area contributed by atoms with Crippen LogP contribution in [0.4, 0.5) is 0 Å². The van der Waals surface area contributed by atoms with Gasteiger partial charge in [0, 0.05) is 24.1 Å². The van der Waals surface area contributed by atoms with E-state index in [2.05, 4.69) is 0 Å². The summed E-state index contributed by atoms with van der Waals surface area (Å²) < 4.78 is 14.9. The Morgan fingerprint density at radius 3 is 1.41 bits per heavy atom. The molecule has 0 aromatic carbocycles. The molecule has 9 nitrogen and oxygen atoms in total. The van der Waals surface area contributed by atoms with E-state index in [1.807, 2.05) is 0 Å². The van der Waals surface area contributed by atoms with E-state index in [0.717, 1.165) is 0 Å². The van der Waals surface area contributed by atoms with E-state index in [0.29, 0.717) is 0 Å². The summed E-state index contributed by atoms with van der Waals surface area (Å²) in [5.41, 5.74) is 0. The Morgan fingerprint density at radius 2 is 1.24 bits per heavy atom. The molecule has 0 heterocycles. The van der Waals surface area contributed by atoms with Crippen LogP contribution in [-0.4, -0.2) is 48.7 Å². The maximum atomic E-state index is 10.4. The maximum Gasteiger partial charge on any atom is 0.256 e. The topological polar surface area (TPSA) is 114 Å². The van der Waals surface area contributed by atoms with Gasteiger partial charge in [-0.1, -0.05) is 0 Å². The van der Waals surface area contributed by atoms with E-state index < -0.39 is 34.5 Å². The zero-order valence-electron chi connectivity index (χ0n) is 10.2. The SMILES string of the molecule is COC(C)(C[N+](=O)[O-])OC(C)(C[N+](=O)[O-])OC. The number of rotatable bonds is 8. The van der Waals surface area contributed by atoms with Crippen LogP contribution in [0.3, 0.4) is 0 Å². The largest absolute Gasteiger partial charge is 0.348 e. The van der Waals surface area contributed by atoms with Crippen molar-refractivity contribution in [3.63, 3.8) is 0 Å². The van der Waals surface area contributed by atoms with Gasteiger partial charge in [0.25, 0.3) is 13.1 Å². The van der Waals surface area contributed by atoms with E-state index in [1.54, 1.807) is 0 Å². The third-order valence-electron chi connectivity index (χ3n) is 2.13. The lowest BCUT2D eigenvalue weighted by atomic mass is 10.2. The van der Waals surface area contributed by atoms with Crippen LogP contribution in [-0.2, 0) is 14.2 Å². The van der Waals surface area contributed by atoms with Crippen LogP contribution in [0.2, 0.25) is 0 Å². The second-order valence-corrected chi connectivity index (χ2v) is 3.76. The monoisotopic (exact) mass is 252 g/mol. The normalized spacial score (nSPS) is 18.1. The van der Waals surface area contributed by atoms with E-state index in [4.69, 9.17) is 14.2 Å². The smallest absolute Gasteiger partial charge is 0.256 e. The molecule has 0 spiro atoms. The van der Waals surface area contributed by atoms with E-state index in [9.17, 15) is 20.2 Å². The number of nitro groups is 2. The highest BCUT2D eigenvalue weighted by molar-refractivity contribution is 4.69. The molecular weight excluding hydrogens is 236 g/mol. The van der Waals surface area contributed by atoms with Gasteiger partial charge < -0.3 is 14.2 Å². The summed E-state index contributed by atoms with van der Waals surface area (Å²) in [6, 6.07) is 0.